The van der Waals surface area contributed by atoms with Crippen LogP contribution < -0.4 is 5.32 Å². The highest BCUT2D eigenvalue weighted by atomic mass is 16.6. The van der Waals surface area contributed by atoms with Crippen LogP contribution in [0.4, 0.5) is 0 Å². The van der Waals surface area contributed by atoms with Crippen LogP contribution in [-0.4, -0.2) is 48.3 Å². The Labute approximate surface area is 85.3 Å². The van der Waals surface area contributed by atoms with Crippen LogP contribution >= 0.6 is 0 Å². The van der Waals surface area contributed by atoms with E-state index in [1.54, 1.807) is 6.92 Å². The van der Waals surface area contributed by atoms with E-state index < -0.39 is 30.0 Å². The van der Waals surface area contributed by atoms with Crippen molar-refractivity contribution >= 4 is 17.8 Å². The monoisotopic (exact) mass is 217 g/mol. The lowest BCUT2D eigenvalue weighted by atomic mass is 10.2. The number of esters is 2. The molecule has 15 heavy (non-hydrogen) atoms. The fraction of sp³-hybridized carbons (Fsp3) is 0.625. The van der Waals surface area contributed by atoms with Crippen LogP contribution in [0.3, 0.4) is 0 Å². The fourth-order valence-corrected chi connectivity index (χ4v) is 1.06. The molecule has 0 aromatic carbocycles. The van der Waals surface area contributed by atoms with E-state index in [1.807, 2.05) is 5.32 Å². The number of rotatable bonds is 2. The first-order chi connectivity index (χ1) is 7.06. The molecule has 1 saturated heterocycles. The number of hydrogen-bond donors (Lipinski definition) is 2. The highest BCUT2D eigenvalue weighted by Crippen LogP contribution is 2.06. The molecular weight excluding hydrogens is 206 g/mol. The maximum Gasteiger partial charge on any atom is 0.396 e. The van der Waals surface area contributed by atoms with E-state index in [1.165, 1.54) is 0 Å². The second-order valence-corrected chi connectivity index (χ2v) is 2.87. The lowest BCUT2D eigenvalue weighted by Gasteiger charge is -2.10. The van der Waals surface area contributed by atoms with Crippen molar-refractivity contribution in [2.75, 3.05) is 13.2 Å². The molecular formula is C8H11NO6. The molecule has 2 atom stereocenters. The summed E-state index contributed by atoms with van der Waals surface area (Å²) < 4.78 is 8.86. The fourth-order valence-electron chi connectivity index (χ4n) is 1.06. The molecule has 1 amide bonds. The Morgan fingerprint density at radius 3 is 2.80 bits per heavy atom. The Bertz CT molecular complexity index is 289. The zero-order chi connectivity index (χ0) is 11.4. The van der Waals surface area contributed by atoms with E-state index in [2.05, 4.69) is 9.47 Å². The molecule has 2 N–H and O–H groups in total. The smallest absolute Gasteiger partial charge is 0.396 e. The van der Waals surface area contributed by atoms with Crippen LogP contribution in [-0.2, 0) is 23.9 Å². The van der Waals surface area contributed by atoms with Gasteiger partial charge in [0.05, 0.1) is 6.61 Å². The van der Waals surface area contributed by atoms with E-state index >= 15 is 0 Å². The van der Waals surface area contributed by atoms with Crippen molar-refractivity contribution in [3.05, 3.63) is 0 Å². The summed E-state index contributed by atoms with van der Waals surface area (Å²) in [5.74, 6) is -2.93. The summed E-state index contributed by atoms with van der Waals surface area (Å²) in [5.41, 5.74) is 0. The average Bonchev–Trinajstić information content (AvgIpc) is 2.49. The number of cyclic esters (lactones) is 1. The molecule has 84 valence electrons. The first-order valence-corrected chi connectivity index (χ1v) is 4.38. The van der Waals surface area contributed by atoms with Crippen molar-refractivity contribution < 1.29 is 29.0 Å². The van der Waals surface area contributed by atoms with Gasteiger partial charge in [0.2, 0.25) is 0 Å². The number of ether oxygens (including phenoxy) is 2. The van der Waals surface area contributed by atoms with Gasteiger partial charge in [-0.15, -0.1) is 0 Å². The van der Waals surface area contributed by atoms with E-state index in [-0.39, 0.29) is 13.2 Å². The molecule has 0 spiro atoms. The number of nitrogens with one attached hydrogen (secondary N) is 1. The van der Waals surface area contributed by atoms with Gasteiger partial charge in [-0.05, 0) is 6.92 Å². The minimum atomic E-state index is -1.19. The number of amides is 1. The number of carbonyl (C=O) groups is 3. The molecule has 0 unspecified atom stereocenters. The lowest BCUT2D eigenvalue weighted by molar-refractivity contribution is -0.155. The molecule has 7 nitrogen and oxygen atoms in total. The molecule has 7 heteroatoms. The van der Waals surface area contributed by atoms with Crippen molar-refractivity contribution in [3.63, 3.8) is 0 Å². The molecule has 0 aromatic rings. The Morgan fingerprint density at radius 1 is 1.67 bits per heavy atom. The Kier molecular flexibility index (Phi) is 3.62. The molecule has 1 fully saturated rings. The number of aliphatic hydroxyl groups is 1. The largest absolute Gasteiger partial charge is 0.461 e. The van der Waals surface area contributed by atoms with Crippen molar-refractivity contribution in [1.82, 2.24) is 5.32 Å². The Hall–Kier alpha value is -1.63. The van der Waals surface area contributed by atoms with Crippen LogP contribution in [0.5, 0.6) is 0 Å². The predicted octanol–water partition coefficient (Wildman–Crippen LogP) is -2.05. The Balaban J connectivity index is 2.50. The quantitative estimate of drug-likeness (QED) is 0.408. The van der Waals surface area contributed by atoms with Gasteiger partial charge in [-0.1, -0.05) is 0 Å². The summed E-state index contributed by atoms with van der Waals surface area (Å²) in [6.45, 7) is 1.42. The third-order valence-corrected chi connectivity index (χ3v) is 1.78. The average molecular weight is 217 g/mol. The third-order valence-electron chi connectivity index (χ3n) is 1.78. The van der Waals surface area contributed by atoms with Gasteiger partial charge < -0.3 is 19.9 Å². The number of hydrogen-bond acceptors (Lipinski definition) is 6. The van der Waals surface area contributed by atoms with Gasteiger partial charge in [0.25, 0.3) is 0 Å². The van der Waals surface area contributed by atoms with Crippen LogP contribution in [0.1, 0.15) is 6.92 Å². The topological polar surface area (TPSA) is 102 Å². The van der Waals surface area contributed by atoms with E-state index in [0.717, 1.165) is 0 Å². The Morgan fingerprint density at radius 2 is 2.33 bits per heavy atom. The molecule has 1 heterocycles. The van der Waals surface area contributed by atoms with Crippen molar-refractivity contribution in [1.29, 1.82) is 0 Å². The first kappa shape index (κ1) is 11.4. The normalized spacial score (nSPS) is 24.5. The van der Waals surface area contributed by atoms with Gasteiger partial charge in [0.1, 0.15) is 12.7 Å². The zero-order valence-electron chi connectivity index (χ0n) is 8.06. The summed E-state index contributed by atoms with van der Waals surface area (Å²) in [4.78, 5) is 32.9. The molecule has 0 aliphatic carbocycles. The summed E-state index contributed by atoms with van der Waals surface area (Å²) in [5, 5.41) is 11.2. The van der Waals surface area contributed by atoms with Crippen LogP contribution in [0.15, 0.2) is 0 Å². The molecule has 1 aliphatic rings. The SMILES string of the molecule is CCOC(=O)C(=O)N[C@H]1C(=O)OC[C@H]1O. The van der Waals surface area contributed by atoms with E-state index in [9.17, 15) is 19.5 Å². The molecule has 0 radical (unpaired) electrons. The second-order valence-electron chi connectivity index (χ2n) is 2.87. The minimum Gasteiger partial charge on any atom is -0.461 e. The minimum absolute atomic E-state index is 0.0594. The van der Waals surface area contributed by atoms with E-state index in [0.29, 0.717) is 0 Å². The van der Waals surface area contributed by atoms with Crippen molar-refractivity contribution in [3.8, 4) is 0 Å². The number of carbonyl (C=O) groups excluding carboxylic acids is 3. The second kappa shape index (κ2) is 4.74. The van der Waals surface area contributed by atoms with Gasteiger partial charge in [-0.25, -0.2) is 9.59 Å². The lowest BCUT2D eigenvalue weighted by Crippen LogP contribution is -2.47. The van der Waals surface area contributed by atoms with Crippen molar-refractivity contribution in [2.24, 2.45) is 0 Å². The molecule has 0 saturated carbocycles. The predicted molar refractivity (Wildman–Crippen MR) is 45.5 cm³/mol. The molecule has 0 aromatic heterocycles. The molecule has 1 aliphatic heterocycles. The maximum atomic E-state index is 11.1. The molecule has 1 rings (SSSR count). The van der Waals surface area contributed by atoms with Crippen LogP contribution in [0.2, 0.25) is 0 Å². The van der Waals surface area contributed by atoms with Gasteiger partial charge >= 0.3 is 17.8 Å². The zero-order valence-corrected chi connectivity index (χ0v) is 8.06. The van der Waals surface area contributed by atoms with Gasteiger partial charge in [0, 0.05) is 0 Å². The van der Waals surface area contributed by atoms with Gasteiger partial charge in [0.15, 0.2) is 6.04 Å². The maximum absolute atomic E-state index is 11.1. The van der Waals surface area contributed by atoms with Crippen LogP contribution in [0.25, 0.3) is 0 Å². The summed E-state index contributed by atoms with van der Waals surface area (Å²) in [6.07, 6.45) is -1.13. The van der Waals surface area contributed by atoms with Gasteiger partial charge in [-0.2, -0.15) is 0 Å². The summed E-state index contributed by atoms with van der Waals surface area (Å²) in [7, 11) is 0. The van der Waals surface area contributed by atoms with E-state index in [4.69, 9.17) is 0 Å². The van der Waals surface area contributed by atoms with Gasteiger partial charge in [-0.3, -0.25) is 4.79 Å². The standard InChI is InChI=1S/C8H11NO6/c1-2-14-8(13)6(11)9-5-4(10)3-15-7(5)12/h4-5,10H,2-3H2,1H3,(H,9,11)/t4-,5-/m1/s1. The molecule has 0 bridgehead atoms. The highest BCUT2D eigenvalue weighted by molar-refractivity contribution is 6.32. The van der Waals surface area contributed by atoms with Crippen molar-refractivity contribution in [2.45, 2.75) is 19.1 Å². The summed E-state index contributed by atoms with van der Waals surface area (Å²) >= 11 is 0. The first-order valence-electron chi connectivity index (χ1n) is 4.38. The summed E-state index contributed by atoms with van der Waals surface area (Å²) in [6, 6.07) is -1.19. The third kappa shape index (κ3) is 2.66. The van der Waals surface area contributed by atoms with Crippen LogP contribution in [0, 0.1) is 0 Å². The highest BCUT2D eigenvalue weighted by Gasteiger charge is 2.38. The number of aliphatic hydroxyl groups excluding tert-OH is 1.